The number of hydrogen-bond donors (Lipinski definition) is 0. The number of alkyl halides is 3. The molecule has 0 aromatic carbocycles. The molecule has 0 amide bonds. The number of esters is 1. The molecule has 1 fully saturated rings. The second kappa shape index (κ2) is 5.55. The number of halogens is 3. The summed E-state index contributed by atoms with van der Waals surface area (Å²) < 4.78 is 42.0. The standard InChI is InChI=1S/C11H17F3O2/c1-8(15)16-10(11(12,13)14)7-9-5-3-2-4-6-9/h9-10H,2-7H2,1H3. The molecule has 1 aliphatic rings. The first-order valence-electron chi connectivity index (χ1n) is 5.63. The van der Waals surface area contributed by atoms with E-state index in [1.165, 1.54) is 0 Å². The van der Waals surface area contributed by atoms with Crippen molar-refractivity contribution in [1.82, 2.24) is 0 Å². The van der Waals surface area contributed by atoms with E-state index in [0.717, 1.165) is 39.0 Å². The van der Waals surface area contributed by atoms with Crippen molar-refractivity contribution in [3.8, 4) is 0 Å². The van der Waals surface area contributed by atoms with Crippen LogP contribution in [0.5, 0.6) is 0 Å². The van der Waals surface area contributed by atoms with Crippen LogP contribution in [-0.2, 0) is 9.53 Å². The maximum absolute atomic E-state index is 12.6. The van der Waals surface area contributed by atoms with Crippen molar-refractivity contribution >= 4 is 5.97 Å². The molecule has 1 unspecified atom stereocenters. The molecule has 1 aliphatic carbocycles. The third-order valence-corrected chi connectivity index (χ3v) is 2.95. The van der Waals surface area contributed by atoms with Gasteiger partial charge in [-0.25, -0.2) is 0 Å². The summed E-state index contributed by atoms with van der Waals surface area (Å²) in [6.07, 6.45) is -1.76. The molecule has 0 radical (unpaired) electrons. The molecule has 94 valence electrons. The van der Waals surface area contributed by atoms with E-state index in [4.69, 9.17) is 0 Å². The lowest BCUT2D eigenvalue weighted by molar-refractivity contribution is -0.224. The highest BCUT2D eigenvalue weighted by molar-refractivity contribution is 5.66. The Labute approximate surface area is 93.2 Å². The number of hydrogen-bond acceptors (Lipinski definition) is 2. The van der Waals surface area contributed by atoms with Crippen LogP contribution in [0.25, 0.3) is 0 Å². The number of carbonyl (C=O) groups excluding carboxylic acids is 1. The van der Waals surface area contributed by atoms with Crippen molar-refractivity contribution in [1.29, 1.82) is 0 Å². The summed E-state index contributed by atoms with van der Waals surface area (Å²) in [6.45, 7) is 1.01. The summed E-state index contributed by atoms with van der Waals surface area (Å²) in [5.74, 6) is -0.821. The Hall–Kier alpha value is -0.740. The average Bonchev–Trinajstić information content (AvgIpc) is 2.16. The van der Waals surface area contributed by atoms with E-state index in [2.05, 4.69) is 4.74 Å². The quantitative estimate of drug-likeness (QED) is 0.704. The summed E-state index contributed by atoms with van der Waals surface area (Å²) >= 11 is 0. The van der Waals surface area contributed by atoms with E-state index in [0.29, 0.717) is 0 Å². The second-order valence-corrected chi connectivity index (χ2v) is 4.38. The molecule has 0 spiro atoms. The minimum Gasteiger partial charge on any atom is -0.453 e. The smallest absolute Gasteiger partial charge is 0.425 e. The van der Waals surface area contributed by atoms with Crippen LogP contribution in [0.2, 0.25) is 0 Å². The fourth-order valence-electron chi connectivity index (χ4n) is 2.17. The molecular weight excluding hydrogens is 221 g/mol. The van der Waals surface area contributed by atoms with Crippen LogP contribution in [0.4, 0.5) is 13.2 Å². The van der Waals surface area contributed by atoms with Gasteiger partial charge in [-0.05, 0) is 12.3 Å². The summed E-state index contributed by atoms with van der Waals surface area (Å²) in [7, 11) is 0. The zero-order chi connectivity index (χ0) is 12.2. The van der Waals surface area contributed by atoms with Crippen LogP contribution in [0.15, 0.2) is 0 Å². The van der Waals surface area contributed by atoms with Gasteiger partial charge in [0.2, 0.25) is 0 Å². The molecular formula is C11H17F3O2. The van der Waals surface area contributed by atoms with E-state index in [1.54, 1.807) is 0 Å². The molecule has 1 saturated carbocycles. The maximum atomic E-state index is 12.6. The van der Waals surface area contributed by atoms with Crippen LogP contribution >= 0.6 is 0 Å². The Balaban J connectivity index is 2.51. The van der Waals surface area contributed by atoms with Crippen LogP contribution < -0.4 is 0 Å². The first kappa shape index (κ1) is 13.3. The number of ether oxygens (including phenoxy) is 1. The average molecular weight is 238 g/mol. The van der Waals surface area contributed by atoms with E-state index >= 15 is 0 Å². The molecule has 0 aromatic rings. The summed E-state index contributed by atoms with van der Waals surface area (Å²) in [5, 5.41) is 0. The topological polar surface area (TPSA) is 26.3 Å². The molecule has 0 N–H and O–H groups in total. The second-order valence-electron chi connectivity index (χ2n) is 4.38. The first-order chi connectivity index (χ1) is 7.39. The van der Waals surface area contributed by atoms with Crippen LogP contribution in [0.1, 0.15) is 45.4 Å². The summed E-state index contributed by atoms with van der Waals surface area (Å²) in [6, 6.07) is 0. The van der Waals surface area contributed by atoms with Gasteiger partial charge >= 0.3 is 12.1 Å². The lowest BCUT2D eigenvalue weighted by Gasteiger charge is -2.27. The Morgan fingerprint density at radius 3 is 2.31 bits per heavy atom. The first-order valence-corrected chi connectivity index (χ1v) is 5.63. The van der Waals surface area contributed by atoms with E-state index in [-0.39, 0.29) is 12.3 Å². The van der Waals surface area contributed by atoms with Gasteiger partial charge in [0.1, 0.15) is 0 Å². The van der Waals surface area contributed by atoms with Crippen LogP contribution in [0, 0.1) is 5.92 Å². The minimum absolute atomic E-state index is 0.0414. The lowest BCUT2D eigenvalue weighted by Crippen LogP contribution is -2.35. The van der Waals surface area contributed by atoms with E-state index in [1.807, 2.05) is 0 Å². The zero-order valence-electron chi connectivity index (χ0n) is 9.35. The zero-order valence-corrected chi connectivity index (χ0v) is 9.35. The van der Waals surface area contributed by atoms with Gasteiger partial charge in [-0.3, -0.25) is 4.79 Å². The Morgan fingerprint density at radius 1 is 1.31 bits per heavy atom. The Bertz CT molecular complexity index is 232. The third kappa shape index (κ3) is 4.41. The van der Waals surface area contributed by atoms with Crippen LogP contribution in [-0.4, -0.2) is 18.2 Å². The fraction of sp³-hybridized carbons (Fsp3) is 0.909. The predicted octanol–water partition coefficient (Wildman–Crippen LogP) is 3.45. The van der Waals surface area contributed by atoms with Crippen molar-refractivity contribution in [3.05, 3.63) is 0 Å². The fourth-order valence-corrected chi connectivity index (χ4v) is 2.17. The Kier molecular flexibility index (Phi) is 4.62. The molecule has 1 atom stereocenters. The molecule has 0 saturated heterocycles. The lowest BCUT2D eigenvalue weighted by atomic mass is 9.85. The normalized spacial score (nSPS) is 20.5. The van der Waals surface area contributed by atoms with Crippen molar-refractivity contribution in [2.75, 3.05) is 0 Å². The molecule has 0 heterocycles. The van der Waals surface area contributed by atoms with Gasteiger partial charge in [0.15, 0.2) is 6.10 Å². The minimum atomic E-state index is -4.44. The molecule has 1 rings (SSSR count). The number of rotatable bonds is 3. The predicted molar refractivity (Wildman–Crippen MR) is 52.8 cm³/mol. The third-order valence-electron chi connectivity index (χ3n) is 2.95. The van der Waals surface area contributed by atoms with E-state index in [9.17, 15) is 18.0 Å². The van der Waals surface area contributed by atoms with Gasteiger partial charge in [-0.1, -0.05) is 32.1 Å². The van der Waals surface area contributed by atoms with Gasteiger partial charge in [0.05, 0.1) is 0 Å². The number of carbonyl (C=O) groups is 1. The molecule has 5 heteroatoms. The van der Waals surface area contributed by atoms with E-state index < -0.39 is 18.2 Å². The van der Waals surface area contributed by atoms with Gasteiger partial charge < -0.3 is 4.74 Å². The van der Waals surface area contributed by atoms with Crippen molar-refractivity contribution in [2.24, 2.45) is 5.92 Å². The van der Waals surface area contributed by atoms with Crippen molar-refractivity contribution < 1.29 is 22.7 Å². The Morgan fingerprint density at radius 2 is 1.88 bits per heavy atom. The molecule has 16 heavy (non-hydrogen) atoms. The van der Waals surface area contributed by atoms with Gasteiger partial charge in [0.25, 0.3) is 0 Å². The van der Waals surface area contributed by atoms with Crippen molar-refractivity contribution in [3.63, 3.8) is 0 Å². The molecule has 0 aromatic heterocycles. The highest BCUT2D eigenvalue weighted by Gasteiger charge is 2.43. The van der Waals surface area contributed by atoms with Gasteiger partial charge in [-0.2, -0.15) is 13.2 Å². The molecule has 0 aliphatic heterocycles. The molecule has 2 nitrogen and oxygen atoms in total. The van der Waals surface area contributed by atoms with Crippen LogP contribution in [0.3, 0.4) is 0 Å². The van der Waals surface area contributed by atoms with Gasteiger partial charge in [0, 0.05) is 6.92 Å². The highest BCUT2D eigenvalue weighted by Crippen LogP contribution is 2.33. The largest absolute Gasteiger partial charge is 0.453 e. The molecule has 0 bridgehead atoms. The SMILES string of the molecule is CC(=O)OC(CC1CCCCC1)C(F)(F)F. The highest BCUT2D eigenvalue weighted by atomic mass is 19.4. The summed E-state index contributed by atoms with van der Waals surface area (Å²) in [5.41, 5.74) is 0. The maximum Gasteiger partial charge on any atom is 0.425 e. The summed E-state index contributed by atoms with van der Waals surface area (Å²) in [4.78, 5) is 10.6. The monoisotopic (exact) mass is 238 g/mol. The van der Waals surface area contributed by atoms with Gasteiger partial charge in [-0.15, -0.1) is 0 Å². The van der Waals surface area contributed by atoms with Crippen molar-refractivity contribution in [2.45, 2.75) is 57.7 Å².